The van der Waals surface area contributed by atoms with Crippen molar-refractivity contribution < 1.29 is 9.59 Å². The summed E-state index contributed by atoms with van der Waals surface area (Å²) in [6.45, 7) is 0.496. The molecule has 1 atom stereocenters. The standard InChI is InChI=1S/C17H15N3O2/c1-19-10-15-12-6-3-2-5-11(12)9-13-14(7-4-8-18-13)20(15)17(22)16(19)21/h2-8,15H,9-10H2,1H3. The second-order valence-electron chi connectivity index (χ2n) is 5.72. The molecule has 0 spiro atoms. The van der Waals surface area contributed by atoms with E-state index in [0.29, 0.717) is 13.0 Å². The zero-order valence-electron chi connectivity index (χ0n) is 12.2. The Hall–Kier alpha value is -2.69. The van der Waals surface area contributed by atoms with Crippen LogP contribution in [0.1, 0.15) is 22.9 Å². The Morgan fingerprint density at radius 2 is 1.91 bits per heavy atom. The van der Waals surface area contributed by atoms with Gasteiger partial charge < -0.3 is 4.90 Å². The number of aromatic nitrogens is 1. The molecule has 4 rings (SSSR count). The summed E-state index contributed by atoms with van der Waals surface area (Å²) in [5, 5.41) is 0. The summed E-state index contributed by atoms with van der Waals surface area (Å²) in [7, 11) is 1.68. The lowest BCUT2D eigenvalue weighted by Crippen LogP contribution is -2.54. The largest absolute Gasteiger partial charge is 0.335 e. The maximum atomic E-state index is 12.6. The van der Waals surface area contributed by atoms with E-state index in [4.69, 9.17) is 0 Å². The molecule has 110 valence electrons. The Kier molecular flexibility index (Phi) is 2.76. The molecule has 2 amide bonds. The summed E-state index contributed by atoms with van der Waals surface area (Å²) < 4.78 is 0. The van der Waals surface area contributed by atoms with Gasteiger partial charge in [0, 0.05) is 26.2 Å². The quantitative estimate of drug-likeness (QED) is 0.692. The Balaban J connectivity index is 1.97. The molecule has 0 N–H and O–H groups in total. The average Bonchev–Trinajstić information content (AvgIpc) is 2.67. The highest BCUT2D eigenvalue weighted by molar-refractivity contribution is 6.41. The van der Waals surface area contributed by atoms with Crippen LogP contribution >= 0.6 is 0 Å². The highest BCUT2D eigenvalue weighted by atomic mass is 16.2. The lowest BCUT2D eigenvalue weighted by Gasteiger charge is -2.39. The van der Waals surface area contributed by atoms with Gasteiger partial charge in [-0.05, 0) is 23.3 Å². The van der Waals surface area contributed by atoms with Crippen molar-refractivity contribution in [3.05, 3.63) is 59.4 Å². The Morgan fingerprint density at radius 3 is 2.77 bits per heavy atom. The van der Waals surface area contributed by atoms with Gasteiger partial charge in [-0.2, -0.15) is 0 Å². The van der Waals surface area contributed by atoms with Gasteiger partial charge >= 0.3 is 11.8 Å². The third-order valence-corrected chi connectivity index (χ3v) is 4.40. The summed E-state index contributed by atoms with van der Waals surface area (Å²) in [6, 6.07) is 11.6. The van der Waals surface area contributed by atoms with Crippen molar-refractivity contribution in [2.45, 2.75) is 12.5 Å². The highest BCUT2D eigenvalue weighted by Crippen LogP contribution is 2.38. The summed E-state index contributed by atoms with van der Waals surface area (Å²) >= 11 is 0. The van der Waals surface area contributed by atoms with Crippen LogP contribution in [0.5, 0.6) is 0 Å². The first-order valence-electron chi connectivity index (χ1n) is 7.27. The first kappa shape index (κ1) is 13.0. The van der Waals surface area contributed by atoms with Crippen LogP contribution in [-0.4, -0.2) is 35.3 Å². The molecule has 0 saturated carbocycles. The van der Waals surface area contributed by atoms with E-state index in [1.54, 1.807) is 18.1 Å². The molecule has 2 aliphatic heterocycles. The second-order valence-corrected chi connectivity index (χ2v) is 5.72. The topological polar surface area (TPSA) is 53.5 Å². The maximum absolute atomic E-state index is 12.6. The SMILES string of the molecule is CN1CC2c3ccccc3Cc3ncccc3N2C(=O)C1=O. The average molecular weight is 293 g/mol. The molecule has 3 heterocycles. The van der Waals surface area contributed by atoms with Gasteiger partial charge in [-0.15, -0.1) is 0 Å². The fraction of sp³-hybridized carbons (Fsp3) is 0.235. The second kappa shape index (κ2) is 4.66. The summed E-state index contributed by atoms with van der Waals surface area (Å²) in [5.74, 6) is -0.949. The molecule has 1 fully saturated rings. The van der Waals surface area contributed by atoms with Crippen LogP contribution in [0.2, 0.25) is 0 Å². The van der Waals surface area contributed by atoms with Gasteiger partial charge in [0.25, 0.3) is 0 Å². The Labute approximate surface area is 128 Å². The molecule has 2 aliphatic rings. The van der Waals surface area contributed by atoms with Crippen molar-refractivity contribution in [3.8, 4) is 0 Å². The highest BCUT2D eigenvalue weighted by Gasteiger charge is 2.42. The minimum absolute atomic E-state index is 0.156. The summed E-state index contributed by atoms with van der Waals surface area (Å²) in [6.07, 6.45) is 2.40. The molecule has 5 heteroatoms. The molecule has 0 aliphatic carbocycles. The third-order valence-electron chi connectivity index (χ3n) is 4.40. The number of benzene rings is 1. The van der Waals surface area contributed by atoms with Crippen molar-refractivity contribution in [1.82, 2.24) is 9.88 Å². The zero-order valence-corrected chi connectivity index (χ0v) is 12.2. The van der Waals surface area contributed by atoms with E-state index in [2.05, 4.69) is 11.1 Å². The van der Waals surface area contributed by atoms with Gasteiger partial charge in [-0.1, -0.05) is 24.3 Å². The number of fused-ring (bicyclic) bond motifs is 5. The molecule has 1 unspecified atom stereocenters. The number of nitrogens with zero attached hydrogens (tertiary/aromatic N) is 3. The molecular formula is C17H15N3O2. The lowest BCUT2D eigenvalue weighted by molar-refractivity contribution is -0.146. The van der Waals surface area contributed by atoms with Crippen LogP contribution in [0.4, 0.5) is 5.69 Å². The molecule has 1 saturated heterocycles. The van der Waals surface area contributed by atoms with Gasteiger partial charge in [0.05, 0.1) is 17.4 Å². The van der Waals surface area contributed by atoms with Crippen molar-refractivity contribution in [2.75, 3.05) is 18.5 Å². The van der Waals surface area contributed by atoms with E-state index >= 15 is 0 Å². The van der Waals surface area contributed by atoms with Gasteiger partial charge in [0.1, 0.15) is 0 Å². The molecule has 1 aromatic carbocycles. The number of pyridine rings is 1. The van der Waals surface area contributed by atoms with Gasteiger partial charge in [0.2, 0.25) is 0 Å². The minimum Gasteiger partial charge on any atom is -0.335 e. The molecule has 1 aromatic heterocycles. The molecule has 2 aromatic rings. The van der Waals surface area contributed by atoms with Crippen molar-refractivity contribution in [1.29, 1.82) is 0 Å². The molecule has 0 radical (unpaired) electrons. The van der Waals surface area contributed by atoms with E-state index < -0.39 is 11.8 Å². The number of piperazine rings is 1. The van der Waals surface area contributed by atoms with Crippen LogP contribution in [0.15, 0.2) is 42.6 Å². The number of hydrogen-bond acceptors (Lipinski definition) is 3. The number of anilines is 1. The number of likely N-dealkylation sites (N-methyl/N-ethyl adjacent to an activating group) is 1. The van der Waals surface area contributed by atoms with Crippen LogP contribution in [0.25, 0.3) is 0 Å². The van der Waals surface area contributed by atoms with Crippen LogP contribution in [-0.2, 0) is 16.0 Å². The first-order chi connectivity index (χ1) is 10.7. The van der Waals surface area contributed by atoms with Gasteiger partial charge in [-0.25, -0.2) is 0 Å². The smallest absolute Gasteiger partial charge is 0.317 e. The molecule has 5 nitrogen and oxygen atoms in total. The maximum Gasteiger partial charge on any atom is 0.317 e. The predicted octanol–water partition coefficient (Wildman–Crippen LogP) is 1.53. The zero-order chi connectivity index (χ0) is 15.3. The van der Waals surface area contributed by atoms with Crippen molar-refractivity contribution >= 4 is 17.5 Å². The van der Waals surface area contributed by atoms with Crippen molar-refractivity contribution in [2.24, 2.45) is 0 Å². The van der Waals surface area contributed by atoms with E-state index in [9.17, 15) is 9.59 Å². The molecule has 0 bridgehead atoms. The molecule has 22 heavy (non-hydrogen) atoms. The van der Waals surface area contributed by atoms with E-state index in [0.717, 1.165) is 22.5 Å². The number of amides is 2. The fourth-order valence-corrected chi connectivity index (χ4v) is 3.33. The van der Waals surface area contributed by atoms with Crippen LogP contribution in [0, 0.1) is 0 Å². The van der Waals surface area contributed by atoms with Crippen LogP contribution < -0.4 is 4.90 Å². The molecular weight excluding hydrogens is 278 g/mol. The number of rotatable bonds is 0. The predicted molar refractivity (Wildman–Crippen MR) is 81.3 cm³/mol. The summed E-state index contributed by atoms with van der Waals surface area (Å²) in [4.78, 5) is 32.3. The van der Waals surface area contributed by atoms with Gasteiger partial charge in [-0.3, -0.25) is 19.5 Å². The minimum atomic E-state index is -0.482. The monoisotopic (exact) mass is 293 g/mol. The first-order valence-corrected chi connectivity index (χ1v) is 7.27. The number of hydrogen-bond donors (Lipinski definition) is 0. The number of carbonyl (C=O) groups is 2. The third kappa shape index (κ3) is 1.75. The Bertz CT molecular complexity index is 787. The van der Waals surface area contributed by atoms with Crippen molar-refractivity contribution in [3.63, 3.8) is 0 Å². The van der Waals surface area contributed by atoms with E-state index in [-0.39, 0.29) is 6.04 Å². The number of carbonyl (C=O) groups excluding carboxylic acids is 2. The van der Waals surface area contributed by atoms with E-state index in [1.165, 1.54) is 4.90 Å². The van der Waals surface area contributed by atoms with Crippen LogP contribution in [0.3, 0.4) is 0 Å². The lowest BCUT2D eigenvalue weighted by atomic mass is 9.96. The normalized spacial score (nSPS) is 20.1. The summed E-state index contributed by atoms with van der Waals surface area (Å²) in [5.41, 5.74) is 3.83. The fourth-order valence-electron chi connectivity index (χ4n) is 3.33. The Morgan fingerprint density at radius 1 is 1.09 bits per heavy atom. The van der Waals surface area contributed by atoms with E-state index in [1.807, 2.05) is 30.3 Å². The van der Waals surface area contributed by atoms with Gasteiger partial charge in [0.15, 0.2) is 0 Å².